The lowest BCUT2D eigenvalue weighted by Crippen LogP contribution is -2.34. The van der Waals surface area contributed by atoms with Gasteiger partial charge in [-0.3, -0.25) is 4.79 Å². The quantitative estimate of drug-likeness (QED) is 0.306. The number of benzene rings is 2. The van der Waals surface area contributed by atoms with E-state index in [0.717, 1.165) is 61.3 Å². The van der Waals surface area contributed by atoms with E-state index in [1.165, 1.54) is 12.1 Å². The fourth-order valence-corrected chi connectivity index (χ4v) is 4.76. The van der Waals surface area contributed by atoms with E-state index in [1.54, 1.807) is 6.07 Å². The normalized spacial score (nSPS) is 19.7. The number of ether oxygens (including phenoxy) is 2. The number of hydrogen-bond donors (Lipinski definition) is 0. The van der Waals surface area contributed by atoms with E-state index in [-0.39, 0.29) is 17.7 Å². The minimum absolute atomic E-state index is 0.180. The molecule has 0 saturated carbocycles. The first-order valence-corrected chi connectivity index (χ1v) is 11.3. The number of piperidine rings is 1. The topological polar surface area (TPSA) is 64.8 Å². The molecule has 32 heavy (non-hydrogen) atoms. The molecule has 1 aromatic heterocycles. The van der Waals surface area contributed by atoms with Crippen LogP contribution >= 0.6 is 0 Å². The first kappa shape index (κ1) is 20.9. The van der Waals surface area contributed by atoms with Crippen molar-refractivity contribution in [3.05, 3.63) is 53.5 Å². The van der Waals surface area contributed by atoms with Gasteiger partial charge in [0.2, 0.25) is 0 Å². The Labute approximate surface area is 186 Å². The van der Waals surface area contributed by atoms with E-state index in [1.807, 2.05) is 25.1 Å². The Hall–Kier alpha value is -2.93. The summed E-state index contributed by atoms with van der Waals surface area (Å²) in [5, 5.41) is 5.14. The zero-order valence-corrected chi connectivity index (χ0v) is 18.2. The van der Waals surface area contributed by atoms with Crippen molar-refractivity contribution in [2.24, 2.45) is 0 Å². The predicted octanol–water partition coefficient (Wildman–Crippen LogP) is 5.03. The van der Waals surface area contributed by atoms with Crippen molar-refractivity contribution in [3.8, 4) is 11.5 Å². The molecule has 2 aliphatic rings. The van der Waals surface area contributed by atoms with Crippen molar-refractivity contribution >= 4 is 16.9 Å². The number of hydrogen-bond acceptors (Lipinski definition) is 6. The minimum atomic E-state index is -0.303. The molecule has 0 amide bonds. The van der Waals surface area contributed by atoms with Crippen LogP contribution in [-0.2, 0) is 4.79 Å². The summed E-state index contributed by atoms with van der Waals surface area (Å²) in [6.07, 6.45) is 3.36. The Balaban J connectivity index is 1.08. The lowest BCUT2D eigenvalue weighted by molar-refractivity contribution is -0.135. The maximum absolute atomic E-state index is 13.4. The lowest BCUT2D eigenvalue weighted by atomic mass is 9.91. The van der Waals surface area contributed by atoms with Crippen LogP contribution in [0.25, 0.3) is 11.0 Å². The third kappa shape index (κ3) is 4.35. The Kier molecular flexibility index (Phi) is 5.83. The monoisotopic (exact) mass is 438 g/mol. The van der Waals surface area contributed by atoms with Crippen LogP contribution in [0, 0.1) is 5.82 Å². The number of carbonyl (C=O) groups is 1. The molecule has 2 aliphatic heterocycles. The summed E-state index contributed by atoms with van der Waals surface area (Å²) in [6.45, 7) is 5.60. The summed E-state index contributed by atoms with van der Waals surface area (Å²) < 4.78 is 30.0. The molecule has 0 radical (unpaired) electrons. The number of aromatic nitrogens is 1. The molecular weight excluding hydrogens is 411 g/mol. The number of nitrogens with zero attached hydrogens (tertiary/aromatic N) is 2. The van der Waals surface area contributed by atoms with Crippen molar-refractivity contribution in [2.45, 2.75) is 44.4 Å². The zero-order chi connectivity index (χ0) is 22.1. The highest BCUT2D eigenvalue weighted by atomic mass is 19.1. The standard InChI is InChI=1S/C25H27FN2O4/c1-16-13-24(29)31-22-15-19(4-6-20(16)22)30-12-2-9-28-10-7-17(8-11-28)25-21-5-3-18(26)14-23(21)32-27-25/h3-6,14-17H,2,7-13H2,1H3/t16-/m1/s1. The van der Waals surface area contributed by atoms with Crippen molar-refractivity contribution in [1.82, 2.24) is 10.1 Å². The minimum Gasteiger partial charge on any atom is -0.493 e. The number of esters is 1. The third-order valence-corrected chi connectivity index (χ3v) is 6.54. The predicted molar refractivity (Wildman–Crippen MR) is 118 cm³/mol. The largest absolute Gasteiger partial charge is 0.493 e. The maximum Gasteiger partial charge on any atom is 0.311 e. The Morgan fingerprint density at radius 3 is 2.88 bits per heavy atom. The van der Waals surface area contributed by atoms with Gasteiger partial charge in [-0.15, -0.1) is 0 Å². The van der Waals surface area contributed by atoms with Crippen molar-refractivity contribution in [1.29, 1.82) is 0 Å². The van der Waals surface area contributed by atoms with Crippen LogP contribution in [0.5, 0.6) is 11.5 Å². The molecule has 0 bridgehead atoms. The molecule has 0 spiro atoms. The van der Waals surface area contributed by atoms with Crippen molar-refractivity contribution in [3.63, 3.8) is 0 Å². The molecule has 0 aliphatic carbocycles. The molecule has 1 saturated heterocycles. The van der Waals surface area contributed by atoms with Gasteiger partial charge in [0.1, 0.15) is 17.3 Å². The molecule has 3 aromatic rings. The zero-order valence-electron chi connectivity index (χ0n) is 18.2. The SMILES string of the molecule is C[C@@H]1CC(=O)Oc2cc(OCCCN3CCC(c4noc5cc(F)ccc45)CC3)ccc21. The van der Waals surface area contributed by atoms with E-state index in [9.17, 15) is 9.18 Å². The Bertz CT molecular complexity index is 1120. The molecular formula is C25H27FN2O4. The summed E-state index contributed by atoms with van der Waals surface area (Å²) in [7, 11) is 0. The van der Waals surface area contributed by atoms with Crippen LogP contribution in [0.3, 0.4) is 0 Å². The molecule has 6 nitrogen and oxygen atoms in total. The molecule has 5 rings (SSSR count). The molecule has 1 fully saturated rings. The second-order valence-electron chi connectivity index (χ2n) is 8.81. The average Bonchev–Trinajstić information content (AvgIpc) is 3.20. The Morgan fingerprint density at radius 2 is 2.03 bits per heavy atom. The van der Waals surface area contributed by atoms with Crippen LogP contribution in [-0.4, -0.2) is 42.3 Å². The van der Waals surface area contributed by atoms with Gasteiger partial charge < -0.3 is 18.9 Å². The highest BCUT2D eigenvalue weighted by Gasteiger charge is 2.26. The van der Waals surface area contributed by atoms with Crippen LogP contribution in [0.15, 0.2) is 40.9 Å². The summed E-state index contributed by atoms with van der Waals surface area (Å²) in [5.74, 6) is 1.39. The van der Waals surface area contributed by atoms with Gasteiger partial charge in [0, 0.05) is 30.0 Å². The highest BCUT2D eigenvalue weighted by molar-refractivity contribution is 5.80. The molecule has 168 valence electrons. The fraction of sp³-hybridized carbons (Fsp3) is 0.440. The summed E-state index contributed by atoms with van der Waals surface area (Å²) in [6, 6.07) is 10.4. The fourth-order valence-electron chi connectivity index (χ4n) is 4.76. The first-order chi connectivity index (χ1) is 15.6. The lowest BCUT2D eigenvalue weighted by Gasteiger charge is -2.31. The van der Waals surface area contributed by atoms with E-state index in [0.29, 0.717) is 30.3 Å². The van der Waals surface area contributed by atoms with Crippen LogP contribution in [0.1, 0.15) is 55.7 Å². The Morgan fingerprint density at radius 1 is 1.19 bits per heavy atom. The van der Waals surface area contributed by atoms with Gasteiger partial charge in [-0.1, -0.05) is 18.1 Å². The first-order valence-electron chi connectivity index (χ1n) is 11.3. The number of likely N-dealkylation sites (tertiary alicyclic amines) is 1. The van der Waals surface area contributed by atoms with Crippen molar-refractivity contribution in [2.75, 3.05) is 26.2 Å². The smallest absolute Gasteiger partial charge is 0.311 e. The van der Waals surface area contributed by atoms with Gasteiger partial charge >= 0.3 is 5.97 Å². The second-order valence-corrected chi connectivity index (χ2v) is 8.81. The van der Waals surface area contributed by atoms with Gasteiger partial charge in [-0.25, -0.2) is 4.39 Å². The number of rotatable bonds is 6. The van der Waals surface area contributed by atoms with Gasteiger partial charge in [-0.2, -0.15) is 0 Å². The summed E-state index contributed by atoms with van der Waals surface area (Å²) >= 11 is 0. The molecule has 3 heterocycles. The van der Waals surface area contributed by atoms with E-state index >= 15 is 0 Å². The van der Waals surface area contributed by atoms with Gasteiger partial charge in [-0.05, 0) is 62.0 Å². The average molecular weight is 438 g/mol. The summed E-state index contributed by atoms with van der Waals surface area (Å²) in [4.78, 5) is 14.1. The molecule has 7 heteroatoms. The molecule has 1 atom stereocenters. The summed E-state index contributed by atoms with van der Waals surface area (Å²) in [5.41, 5.74) is 2.53. The number of fused-ring (bicyclic) bond motifs is 2. The van der Waals surface area contributed by atoms with Crippen LogP contribution < -0.4 is 9.47 Å². The van der Waals surface area contributed by atoms with E-state index in [2.05, 4.69) is 10.1 Å². The second kappa shape index (κ2) is 8.90. The number of carbonyl (C=O) groups excluding carboxylic acids is 1. The van der Waals surface area contributed by atoms with Crippen molar-refractivity contribution < 1.29 is 23.2 Å². The van der Waals surface area contributed by atoms with Gasteiger partial charge in [0.25, 0.3) is 0 Å². The van der Waals surface area contributed by atoms with E-state index < -0.39 is 0 Å². The molecule has 0 unspecified atom stereocenters. The highest BCUT2D eigenvalue weighted by Crippen LogP contribution is 2.36. The third-order valence-electron chi connectivity index (χ3n) is 6.54. The number of halogens is 1. The molecule has 0 N–H and O–H groups in total. The van der Waals surface area contributed by atoms with Gasteiger partial charge in [0.05, 0.1) is 18.7 Å². The van der Waals surface area contributed by atoms with Crippen LogP contribution in [0.2, 0.25) is 0 Å². The maximum atomic E-state index is 13.4. The molecule has 2 aromatic carbocycles. The van der Waals surface area contributed by atoms with E-state index in [4.69, 9.17) is 14.0 Å². The van der Waals surface area contributed by atoms with Gasteiger partial charge in [0.15, 0.2) is 5.58 Å². The van der Waals surface area contributed by atoms with Crippen LogP contribution in [0.4, 0.5) is 4.39 Å².